The predicted molar refractivity (Wildman–Crippen MR) is 104 cm³/mol. The summed E-state index contributed by atoms with van der Waals surface area (Å²) in [5.41, 5.74) is 2.22. The maximum atomic E-state index is 12.6. The van der Waals surface area contributed by atoms with E-state index in [1.807, 2.05) is 11.6 Å². The Morgan fingerprint density at radius 2 is 2.11 bits per heavy atom. The summed E-state index contributed by atoms with van der Waals surface area (Å²) in [5, 5.41) is 19.6. The summed E-state index contributed by atoms with van der Waals surface area (Å²) in [4.78, 5) is 12.6. The zero-order chi connectivity index (χ0) is 19.6. The third-order valence-corrected chi connectivity index (χ3v) is 4.84. The van der Waals surface area contributed by atoms with Crippen LogP contribution in [-0.2, 0) is 18.4 Å². The molecule has 1 aromatic heterocycles. The highest BCUT2D eigenvalue weighted by atomic mass is 79.9. The van der Waals surface area contributed by atoms with E-state index in [0.29, 0.717) is 32.4 Å². The van der Waals surface area contributed by atoms with E-state index in [9.17, 15) is 9.90 Å². The van der Waals surface area contributed by atoms with E-state index in [1.165, 1.54) is 6.07 Å². The second-order valence-corrected chi connectivity index (χ2v) is 6.70. The van der Waals surface area contributed by atoms with E-state index in [1.54, 1.807) is 37.3 Å². The Morgan fingerprint density at radius 1 is 1.33 bits per heavy atom. The van der Waals surface area contributed by atoms with Crippen LogP contribution in [0.4, 0.5) is 0 Å². The molecule has 0 aliphatic heterocycles. The number of rotatable bonds is 5. The van der Waals surface area contributed by atoms with Crippen LogP contribution in [0.5, 0.6) is 11.5 Å². The minimum Gasteiger partial charge on any atom is -0.507 e. The SMILES string of the molecule is CCOC(=O)c1c(COc2cccc(C#N)c2)n(C)c2cc(Br)c(O)cc12. The molecule has 0 unspecified atom stereocenters. The number of nitrogens with zero attached hydrogens (tertiary/aromatic N) is 2. The highest BCUT2D eigenvalue weighted by Gasteiger charge is 2.24. The topological polar surface area (TPSA) is 84.5 Å². The first kappa shape index (κ1) is 18.8. The summed E-state index contributed by atoms with van der Waals surface area (Å²) in [6, 6.07) is 12.1. The van der Waals surface area contributed by atoms with Crippen molar-refractivity contribution in [1.82, 2.24) is 4.57 Å². The number of aryl methyl sites for hydroxylation is 1. The van der Waals surface area contributed by atoms with Gasteiger partial charge in [-0.1, -0.05) is 6.07 Å². The minimum atomic E-state index is -0.478. The van der Waals surface area contributed by atoms with Crippen molar-refractivity contribution in [2.75, 3.05) is 6.61 Å². The number of hydrogen-bond acceptors (Lipinski definition) is 5. The van der Waals surface area contributed by atoms with Crippen LogP contribution < -0.4 is 4.74 Å². The van der Waals surface area contributed by atoms with Gasteiger partial charge in [-0.15, -0.1) is 0 Å². The summed E-state index contributed by atoms with van der Waals surface area (Å²) < 4.78 is 13.4. The summed E-state index contributed by atoms with van der Waals surface area (Å²) in [5.74, 6) is 0.0835. The van der Waals surface area contributed by atoms with Crippen molar-refractivity contribution in [3.05, 3.63) is 57.7 Å². The van der Waals surface area contributed by atoms with Crippen LogP contribution >= 0.6 is 15.9 Å². The van der Waals surface area contributed by atoms with Crippen molar-refractivity contribution in [3.8, 4) is 17.6 Å². The number of benzene rings is 2. The second kappa shape index (κ2) is 7.72. The molecule has 1 N–H and O–H groups in total. The standard InChI is InChI=1S/C20H17BrN2O4/c1-3-26-20(25)19-14-8-18(24)15(21)9-16(14)23(2)17(19)11-27-13-6-4-5-12(7-13)10-22/h4-9,24H,3,11H2,1-2H3. The van der Waals surface area contributed by atoms with Gasteiger partial charge in [-0.05, 0) is 53.2 Å². The molecule has 2 aromatic carbocycles. The largest absolute Gasteiger partial charge is 0.507 e. The van der Waals surface area contributed by atoms with Gasteiger partial charge in [-0.25, -0.2) is 4.79 Å². The van der Waals surface area contributed by atoms with Crippen LogP contribution in [0.1, 0.15) is 28.5 Å². The number of esters is 1. The summed E-state index contributed by atoms with van der Waals surface area (Å²) in [6.07, 6.45) is 0. The molecule has 3 rings (SSSR count). The fourth-order valence-electron chi connectivity index (χ4n) is 2.90. The van der Waals surface area contributed by atoms with Crippen molar-refractivity contribution in [1.29, 1.82) is 5.26 Å². The molecular weight excluding hydrogens is 412 g/mol. The van der Waals surface area contributed by atoms with Crippen LogP contribution in [-0.4, -0.2) is 22.2 Å². The summed E-state index contributed by atoms with van der Waals surface area (Å²) in [7, 11) is 1.82. The molecule has 0 saturated heterocycles. The van der Waals surface area contributed by atoms with Crippen LogP contribution in [0, 0.1) is 11.3 Å². The molecule has 0 atom stereocenters. The number of halogens is 1. The lowest BCUT2D eigenvalue weighted by atomic mass is 10.1. The Labute approximate surface area is 164 Å². The molecule has 0 fully saturated rings. The smallest absolute Gasteiger partial charge is 0.340 e. The van der Waals surface area contributed by atoms with Gasteiger partial charge in [0.15, 0.2) is 0 Å². The number of hydrogen-bond donors (Lipinski definition) is 1. The molecule has 27 heavy (non-hydrogen) atoms. The van der Waals surface area contributed by atoms with Gasteiger partial charge >= 0.3 is 5.97 Å². The molecule has 0 aliphatic rings. The van der Waals surface area contributed by atoms with Crippen LogP contribution in [0.2, 0.25) is 0 Å². The number of nitriles is 1. The fourth-order valence-corrected chi connectivity index (χ4v) is 3.24. The molecule has 0 amide bonds. The monoisotopic (exact) mass is 428 g/mol. The molecule has 0 aliphatic carbocycles. The molecule has 6 nitrogen and oxygen atoms in total. The van der Waals surface area contributed by atoms with Crippen molar-refractivity contribution in [2.45, 2.75) is 13.5 Å². The maximum Gasteiger partial charge on any atom is 0.340 e. The van der Waals surface area contributed by atoms with E-state index < -0.39 is 5.97 Å². The quantitative estimate of drug-likeness (QED) is 0.613. The molecule has 7 heteroatoms. The summed E-state index contributed by atoms with van der Waals surface area (Å²) >= 11 is 3.30. The Balaban J connectivity index is 2.07. The van der Waals surface area contributed by atoms with E-state index in [-0.39, 0.29) is 19.0 Å². The zero-order valence-electron chi connectivity index (χ0n) is 14.8. The Morgan fingerprint density at radius 3 is 2.81 bits per heavy atom. The predicted octanol–water partition coefficient (Wildman–Crippen LogP) is 4.27. The Hall–Kier alpha value is -2.98. The number of phenolic OH excluding ortho intramolecular Hbond substituents is 1. The van der Waals surface area contributed by atoms with Gasteiger partial charge in [-0.3, -0.25) is 0 Å². The first-order chi connectivity index (χ1) is 13.0. The van der Waals surface area contributed by atoms with Gasteiger partial charge in [0, 0.05) is 12.4 Å². The molecule has 0 radical (unpaired) electrons. The van der Waals surface area contributed by atoms with Gasteiger partial charge in [0.2, 0.25) is 0 Å². The normalized spacial score (nSPS) is 10.6. The molecule has 3 aromatic rings. The van der Waals surface area contributed by atoms with Gasteiger partial charge in [0.05, 0.1) is 39.5 Å². The van der Waals surface area contributed by atoms with Crippen LogP contribution in [0.25, 0.3) is 10.9 Å². The van der Waals surface area contributed by atoms with Crippen molar-refractivity contribution >= 4 is 32.8 Å². The van der Waals surface area contributed by atoms with Crippen molar-refractivity contribution in [2.24, 2.45) is 7.05 Å². The van der Waals surface area contributed by atoms with Gasteiger partial charge in [-0.2, -0.15) is 5.26 Å². The lowest BCUT2D eigenvalue weighted by Gasteiger charge is -2.10. The van der Waals surface area contributed by atoms with E-state index in [4.69, 9.17) is 14.7 Å². The number of aromatic nitrogens is 1. The minimum absolute atomic E-state index is 0.0350. The summed E-state index contributed by atoms with van der Waals surface area (Å²) in [6.45, 7) is 2.08. The third-order valence-electron chi connectivity index (χ3n) is 4.21. The maximum absolute atomic E-state index is 12.6. The van der Waals surface area contributed by atoms with Crippen molar-refractivity contribution < 1.29 is 19.4 Å². The van der Waals surface area contributed by atoms with Gasteiger partial charge in [0.1, 0.15) is 18.1 Å². The first-order valence-corrected chi connectivity index (χ1v) is 9.05. The highest BCUT2D eigenvalue weighted by Crippen LogP contribution is 2.35. The molecule has 0 saturated carbocycles. The van der Waals surface area contributed by atoms with Crippen molar-refractivity contribution in [3.63, 3.8) is 0 Å². The van der Waals surface area contributed by atoms with E-state index in [2.05, 4.69) is 22.0 Å². The molecule has 0 bridgehead atoms. The van der Waals surface area contributed by atoms with E-state index in [0.717, 1.165) is 5.52 Å². The number of phenols is 1. The number of fused-ring (bicyclic) bond motifs is 1. The average molecular weight is 429 g/mol. The second-order valence-electron chi connectivity index (χ2n) is 5.85. The highest BCUT2D eigenvalue weighted by molar-refractivity contribution is 9.10. The third kappa shape index (κ3) is 3.62. The number of carbonyl (C=O) groups is 1. The number of carbonyl (C=O) groups excluding carboxylic acids is 1. The Bertz CT molecular complexity index is 1070. The zero-order valence-corrected chi connectivity index (χ0v) is 16.4. The van der Waals surface area contributed by atoms with Crippen LogP contribution in [0.15, 0.2) is 40.9 Å². The lowest BCUT2D eigenvalue weighted by Crippen LogP contribution is -2.11. The molecule has 138 valence electrons. The average Bonchev–Trinajstić information content (AvgIpc) is 2.92. The first-order valence-electron chi connectivity index (χ1n) is 8.26. The van der Waals surface area contributed by atoms with Gasteiger partial charge in [0.25, 0.3) is 0 Å². The number of aromatic hydroxyl groups is 1. The molecule has 0 spiro atoms. The fraction of sp³-hybridized carbons (Fsp3) is 0.200. The Kier molecular flexibility index (Phi) is 5.38. The molecular formula is C20H17BrN2O4. The van der Waals surface area contributed by atoms with Gasteiger partial charge < -0.3 is 19.1 Å². The lowest BCUT2D eigenvalue weighted by molar-refractivity contribution is 0.0525. The van der Waals surface area contributed by atoms with Crippen LogP contribution in [0.3, 0.4) is 0 Å². The van der Waals surface area contributed by atoms with E-state index >= 15 is 0 Å². The number of ether oxygens (including phenoxy) is 2. The molecule has 1 heterocycles.